The SMILES string of the molecule is COc1ccc(C[NH+]2CCN(c3cccc(Cl)c3)CC2)c(OC)c1OC. The van der Waals surface area contributed by atoms with Crippen molar-refractivity contribution in [2.75, 3.05) is 52.4 Å². The summed E-state index contributed by atoms with van der Waals surface area (Å²) in [6.45, 7) is 5.03. The van der Waals surface area contributed by atoms with Crippen molar-refractivity contribution in [2.45, 2.75) is 6.54 Å². The number of rotatable bonds is 6. The highest BCUT2D eigenvalue weighted by Gasteiger charge is 2.24. The molecule has 0 saturated carbocycles. The number of hydrogen-bond donors (Lipinski definition) is 1. The first kappa shape index (κ1) is 18.7. The fourth-order valence-corrected chi connectivity index (χ4v) is 3.69. The molecule has 0 unspecified atom stereocenters. The van der Waals surface area contributed by atoms with E-state index >= 15 is 0 Å². The molecule has 0 atom stereocenters. The third-order valence-electron chi connectivity index (χ3n) is 4.87. The Morgan fingerprint density at radius 2 is 1.69 bits per heavy atom. The van der Waals surface area contributed by atoms with Crippen LogP contribution in [0.25, 0.3) is 0 Å². The van der Waals surface area contributed by atoms with Crippen molar-refractivity contribution >= 4 is 17.3 Å². The first-order valence-corrected chi connectivity index (χ1v) is 9.16. The monoisotopic (exact) mass is 377 g/mol. The van der Waals surface area contributed by atoms with Crippen LogP contribution in [0, 0.1) is 0 Å². The number of quaternary nitrogens is 1. The van der Waals surface area contributed by atoms with Crippen LogP contribution in [0.2, 0.25) is 5.02 Å². The highest BCUT2D eigenvalue weighted by Crippen LogP contribution is 2.39. The summed E-state index contributed by atoms with van der Waals surface area (Å²) >= 11 is 6.12. The molecule has 6 heteroatoms. The summed E-state index contributed by atoms with van der Waals surface area (Å²) in [6.07, 6.45) is 0. The van der Waals surface area contributed by atoms with Crippen LogP contribution in [0.1, 0.15) is 5.56 Å². The van der Waals surface area contributed by atoms with E-state index in [9.17, 15) is 0 Å². The Morgan fingerprint density at radius 3 is 2.31 bits per heavy atom. The van der Waals surface area contributed by atoms with Gasteiger partial charge in [-0.2, -0.15) is 0 Å². The van der Waals surface area contributed by atoms with Crippen molar-refractivity contribution in [1.82, 2.24) is 0 Å². The minimum Gasteiger partial charge on any atom is -0.493 e. The number of methoxy groups -OCH3 is 3. The molecule has 0 spiro atoms. The van der Waals surface area contributed by atoms with Gasteiger partial charge in [0.15, 0.2) is 11.5 Å². The molecule has 0 amide bonds. The Labute approximate surface area is 160 Å². The Morgan fingerprint density at radius 1 is 0.962 bits per heavy atom. The summed E-state index contributed by atoms with van der Waals surface area (Å²) in [5, 5.41) is 0.785. The summed E-state index contributed by atoms with van der Waals surface area (Å²) in [6, 6.07) is 12.1. The molecule has 1 N–H and O–H groups in total. The normalized spacial score (nSPS) is 15.0. The van der Waals surface area contributed by atoms with E-state index in [0.29, 0.717) is 11.5 Å². The van der Waals surface area contributed by atoms with Crippen LogP contribution in [0.5, 0.6) is 17.2 Å². The number of hydrogen-bond acceptors (Lipinski definition) is 4. The molecule has 26 heavy (non-hydrogen) atoms. The van der Waals surface area contributed by atoms with Gasteiger partial charge in [0.1, 0.15) is 6.54 Å². The lowest BCUT2D eigenvalue weighted by Gasteiger charge is -2.34. The molecule has 5 nitrogen and oxygen atoms in total. The van der Waals surface area contributed by atoms with Gasteiger partial charge in [-0.15, -0.1) is 0 Å². The van der Waals surface area contributed by atoms with Crippen molar-refractivity contribution in [3.63, 3.8) is 0 Å². The smallest absolute Gasteiger partial charge is 0.203 e. The fourth-order valence-electron chi connectivity index (χ4n) is 3.50. The van der Waals surface area contributed by atoms with Crippen LogP contribution in [0.4, 0.5) is 5.69 Å². The lowest BCUT2D eigenvalue weighted by molar-refractivity contribution is -0.914. The van der Waals surface area contributed by atoms with Crippen molar-refractivity contribution in [3.05, 3.63) is 47.0 Å². The Balaban J connectivity index is 1.68. The van der Waals surface area contributed by atoms with E-state index < -0.39 is 0 Å². The molecule has 1 aliphatic rings. The van der Waals surface area contributed by atoms with Gasteiger partial charge in [0.2, 0.25) is 5.75 Å². The van der Waals surface area contributed by atoms with Crippen molar-refractivity contribution in [2.24, 2.45) is 0 Å². The molecule has 1 heterocycles. The number of ether oxygens (including phenoxy) is 3. The van der Waals surface area contributed by atoms with Crippen LogP contribution in [0.3, 0.4) is 0 Å². The van der Waals surface area contributed by atoms with Gasteiger partial charge in [0.05, 0.1) is 53.1 Å². The van der Waals surface area contributed by atoms with Gasteiger partial charge in [-0.1, -0.05) is 17.7 Å². The Hall–Kier alpha value is -2.11. The van der Waals surface area contributed by atoms with E-state index in [4.69, 9.17) is 25.8 Å². The number of nitrogens with one attached hydrogen (secondary N) is 1. The maximum atomic E-state index is 6.12. The third kappa shape index (κ3) is 4.00. The Bertz CT molecular complexity index is 746. The predicted molar refractivity (Wildman–Crippen MR) is 104 cm³/mol. The number of piperazine rings is 1. The van der Waals surface area contributed by atoms with E-state index in [2.05, 4.69) is 17.0 Å². The summed E-state index contributed by atoms with van der Waals surface area (Å²) in [5.41, 5.74) is 2.33. The van der Waals surface area contributed by atoms with E-state index in [1.807, 2.05) is 24.3 Å². The number of benzene rings is 2. The van der Waals surface area contributed by atoms with Crippen molar-refractivity contribution < 1.29 is 19.1 Å². The minimum absolute atomic E-state index is 0.657. The second-order valence-electron chi connectivity index (χ2n) is 6.39. The molecule has 1 saturated heterocycles. The average molecular weight is 378 g/mol. The first-order valence-electron chi connectivity index (χ1n) is 8.78. The summed E-state index contributed by atoms with van der Waals surface area (Å²) in [5.74, 6) is 2.11. The largest absolute Gasteiger partial charge is 0.493 e. The Kier molecular flexibility index (Phi) is 6.12. The number of anilines is 1. The van der Waals surface area contributed by atoms with Crippen LogP contribution < -0.4 is 24.0 Å². The summed E-state index contributed by atoms with van der Waals surface area (Å²) in [4.78, 5) is 3.91. The lowest BCUT2D eigenvalue weighted by atomic mass is 10.1. The van der Waals surface area contributed by atoms with Crippen LogP contribution in [0.15, 0.2) is 36.4 Å². The summed E-state index contributed by atoms with van der Waals surface area (Å²) in [7, 11) is 4.95. The molecular formula is C20H26ClN2O3+. The molecule has 2 aromatic rings. The number of nitrogens with zero attached hydrogens (tertiary/aromatic N) is 1. The second-order valence-corrected chi connectivity index (χ2v) is 6.82. The van der Waals surface area contributed by atoms with E-state index in [0.717, 1.165) is 49.1 Å². The van der Waals surface area contributed by atoms with Gasteiger partial charge in [0.25, 0.3) is 0 Å². The molecule has 0 bridgehead atoms. The maximum Gasteiger partial charge on any atom is 0.203 e. The quantitative estimate of drug-likeness (QED) is 0.837. The topological polar surface area (TPSA) is 35.4 Å². The minimum atomic E-state index is 0.657. The van der Waals surface area contributed by atoms with Gasteiger partial charge in [-0.3, -0.25) is 0 Å². The van der Waals surface area contributed by atoms with E-state index in [-0.39, 0.29) is 0 Å². The zero-order valence-electron chi connectivity index (χ0n) is 15.5. The van der Waals surface area contributed by atoms with Gasteiger partial charge in [-0.25, -0.2) is 0 Å². The molecule has 0 radical (unpaired) electrons. The van der Waals surface area contributed by atoms with Crippen LogP contribution in [-0.2, 0) is 6.54 Å². The second kappa shape index (κ2) is 8.52. The standard InChI is InChI=1S/C20H25ClN2O3/c1-24-18-8-7-15(19(25-2)20(18)26-3)14-22-9-11-23(12-10-22)17-6-4-5-16(21)13-17/h4-8,13H,9-12,14H2,1-3H3/p+1. The van der Waals surface area contributed by atoms with Gasteiger partial charge < -0.3 is 24.0 Å². The molecular weight excluding hydrogens is 352 g/mol. The zero-order valence-corrected chi connectivity index (χ0v) is 16.3. The lowest BCUT2D eigenvalue weighted by Crippen LogP contribution is -3.13. The van der Waals surface area contributed by atoms with Crippen LogP contribution >= 0.6 is 11.6 Å². The average Bonchev–Trinajstić information content (AvgIpc) is 2.68. The van der Waals surface area contributed by atoms with Gasteiger partial charge in [0, 0.05) is 10.7 Å². The number of halogens is 1. The molecule has 1 fully saturated rings. The highest BCUT2D eigenvalue weighted by atomic mass is 35.5. The predicted octanol–water partition coefficient (Wildman–Crippen LogP) is 2.27. The van der Waals surface area contributed by atoms with Crippen molar-refractivity contribution in [3.8, 4) is 17.2 Å². The first-order chi connectivity index (χ1) is 12.7. The molecule has 1 aliphatic heterocycles. The molecule has 3 rings (SSSR count). The van der Waals surface area contributed by atoms with Gasteiger partial charge in [-0.05, 0) is 30.3 Å². The molecule has 0 aliphatic carbocycles. The van der Waals surface area contributed by atoms with Crippen molar-refractivity contribution in [1.29, 1.82) is 0 Å². The third-order valence-corrected chi connectivity index (χ3v) is 5.11. The van der Waals surface area contributed by atoms with Gasteiger partial charge >= 0.3 is 0 Å². The molecule has 0 aromatic heterocycles. The van der Waals surface area contributed by atoms with Crippen LogP contribution in [-0.4, -0.2) is 47.5 Å². The maximum absolute atomic E-state index is 6.12. The van der Waals surface area contributed by atoms with E-state index in [1.54, 1.807) is 21.3 Å². The molecule has 140 valence electrons. The summed E-state index contributed by atoms with van der Waals surface area (Å²) < 4.78 is 16.5. The zero-order chi connectivity index (χ0) is 18.5. The van der Waals surface area contributed by atoms with E-state index in [1.165, 1.54) is 10.6 Å². The molecule has 2 aromatic carbocycles. The highest BCUT2D eigenvalue weighted by molar-refractivity contribution is 6.30. The fraction of sp³-hybridized carbons (Fsp3) is 0.400.